The Labute approximate surface area is 158 Å². The van der Waals surface area contributed by atoms with Crippen LogP contribution in [0.2, 0.25) is 0 Å². The SMILES string of the molecule is CCCC1CCC(C2CCC(O)(c3ccccc3OCCF)CC2)CC1. The second kappa shape index (κ2) is 9.21. The van der Waals surface area contributed by atoms with Crippen molar-refractivity contribution in [3.05, 3.63) is 29.8 Å². The molecule has 0 atom stereocenters. The fourth-order valence-electron chi connectivity index (χ4n) is 5.34. The summed E-state index contributed by atoms with van der Waals surface area (Å²) in [5, 5.41) is 11.3. The van der Waals surface area contributed by atoms with Gasteiger partial charge >= 0.3 is 0 Å². The summed E-state index contributed by atoms with van der Waals surface area (Å²) in [5.74, 6) is 3.21. The first-order valence-electron chi connectivity index (χ1n) is 10.7. The van der Waals surface area contributed by atoms with E-state index in [1.807, 2.05) is 24.3 Å². The van der Waals surface area contributed by atoms with E-state index >= 15 is 0 Å². The van der Waals surface area contributed by atoms with Crippen LogP contribution in [0.1, 0.15) is 76.7 Å². The van der Waals surface area contributed by atoms with Gasteiger partial charge in [-0.25, -0.2) is 4.39 Å². The third kappa shape index (κ3) is 4.60. The average molecular weight is 363 g/mol. The van der Waals surface area contributed by atoms with Crippen molar-refractivity contribution in [1.82, 2.24) is 0 Å². The molecule has 0 aromatic heterocycles. The van der Waals surface area contributed by atoms with Gasteiger partial charge in [-0.2, -0.15) is 0 Å². The van der Waals surface area contributed by atoms with Gasteiger partial charge in [0.15, 0.2) is 0 Å². The highest BCUT2D eigenvalue weighted by molar-refractivity contribution is 5.38. The number of rotatable bonds is 7. The molecule has 2 nitrogen and oxygen atoms in total. The molecule has 3 heteroatoms. The van der Waals surface area contributed by atoms with E-state index in [4.69, 9.17) is 4.74 Å². The van der Waals surface area contributed by atoms with Crippen molar-refractivity contribution < 1.29 is 14.2 Å². The van der Waals surface area contributed by atoms with Gasteiger partial charge in [-0.3, -0.25) is 0 Å². The minimum atomic E-state index is -0.817. The van der Waals surface area contributed by atoms with E-state index in [2.05, 4.69) is 6.92 Å². The topological polar surface area (TPSA) is 29.5 Å². The smallest absolute Gasteiger partial charge is 0.125 e. The monoisotopic (exact) mass is 362 g/mol. The van der Waals surface area contributed by atoms with E-state index in [1.165, 1.54) is 38.5 Å². The van der Waals surface area contributed by atoms with Crippen molar-refractivity contribution in [3.8, 4) is 5.75 Å². The van der Waals surface area contributed by atoms with E-state index in [0.717, 1.165) is 49.0 Å². The van der Waals surface area contributed by atoms with Crippen molar-refractivity contribution in [2.24, 2.45) is 17.8 Å². The maximum atomic E-state index is 12.5. The molecule has 0 aliphatic heterocycles. The number of para-hydroxylation sites is 1. The molecule has 0 spiro atoms. The summed E-state index contributed by atoms with van der Waals surface area (Å²) < 4.78 is 18.0. The third-order valence-electron chi connectivity index (χ3n) is 6.84. The zero-order chi connectivity index (χ0) is 18.4. The predicted molar refractivity (Wildman–Crippen MR) is 104 cm³/mol. The summed E-state index contributed by atoms with van der Waals surface area (Å²) in [5.41, 5.74) is 0.0292. The molecule has 3 rings (SSSR count). The number of hydrogen-bond donors (Lipinski definition) is 1. The quantitative estimate of drug-likeness (QED) is 0.643. The maximum absolute atomic E-state index is 12.5. The first kappa shape index (κ1) is 19.7. The van der Waals surface area contributed by atoms with Crippen LogP contribution < -0.4 is 4.74 Å². The normalized spacial score (nSPS) is 32.3. The zero-order valence-corrected chi connectivity index (χ0v) is 16.3. The van der Waals surface area contributed by atoms with Crippen molar-refractivity contribution in [2.75, 3.05) is 13.3 Å². The van der Waals surface area contributed by atoms with Crippen molar-refractivity contribution in [3.63, 3.8) is 0 Å². The molecule has 2 fully saturated rings. The summed E-state index contributed by atoms with van der Waals surface area (Å²) in [6.07, 6.45) is 12.0. The molecule has 1 aromatic rings. The largest absolute Gasteiger partial charge is 0.490 e. The lowest BCUT2D eigenvalue weighted by atomic mass is 9.66. The van der Waals surface area contributed by atoms with Crippen LogP contribution >= 0.6 is 0 Å². The standard InChI is InChI=1S/C23H35FO2/c1-2-5-18-8-10-19(11-9-18)20-12-14-23(25,15-13-20)21-6-3-4-7-22(21)26-17-16-24/h3-4,6-7,18-20,25H,2,5,8-17H2,1H3. The summed E-state index contributed by atoms with van der Waals surface area (Å²) in [7, 11) is 0. The number of ether oxygens (including phenoxy) is 1. The van der Waals surface area contributed by atoms with E-state index < -0.39 is 12.3 Å². The van der Waals surface area contributed by atoms with E-state index in [-0.39, 0.29) is 6.61 Å². The van der Waals surface area contributed by atoms with Gasteiger partial charge in [0.05, 0.1) is 5.60 Å². The highest BCUT2D eigenvalue weighted by Crippen LogP contribution is 2.47. The molecular formula is C23H35FO2. The molecule has 1 aromatic carbocycles. The average Bonchev–Trinajstić information content (AvgIpc) is 2.68. The molecule has 0 amide bonds. The number of halogens is 1. The minimum absolute atomic E-state index is 0.0523. The maximum Gasteiger partial charge on any atom is 0.125 e. The van der Waals surface area contributed by atoms with Crippen LogP contribution in [0.3, 0.4) is 0 Å². The lowest BCUT2D eigenvalue weighted by Crippen LogP contribution is -2.35. The van der Waals surface area contributed by atoms with Crippen LogP contribution in [0.4, 0.5) is 4.39 Å². The van der Waals surface area contributed by atoms with Crippen LogP contribution in [0.15, 0.2) is 24.3 Å². The minimum Gasteiger partial charge on any atom is -0.490 e. The number of benzene rings is 1. The predicted octanol–water partition coefficient (Wildman–Crippen LogP) is 6.02. The number of alkyl halides is 1. The first-order valence-corrected chi connectivity index (χ1v) is 10.7. The van der Waals surface area contributed by atoms with Crippen LogP contribution in [-0.4, -0.2) is 18.4 Å². The van der Waals surface area contributed by atoms with Gasteiger partial charge in [0.25, 0.3) is 0 Å². The molecule has 0 unspecified atom stereocenters. The first-order chi connectivity index (χ1) is 12.7. The second-order valence-corrected chi connectivity index (χ2v) is 8.47. The van der Waals surface area contributed by atoms with Gasteiger partial charge in [-0.15, -0.1) is 0 Å². The Kier molecular flexibility index (Phi) is 6.97. The zero-order valence-electron chi connectivity index (χ0n) is 16.3. The van der Waals surface area contributed by atoms with E-state index in [9.17, 15) is 9.50 Å². The summed E-state index contributed by atoms with van der Waals surface area (Å²) in [6.45, 7) is 1.84. The van der Waals surface area contributed by atoms with E-state index in [0.29, 0.717) is 5.75 Å². The molecule has 146 valence electrons. The second-order valence-electron chi connectivity index (χ2n) is 8.47. The highest BCUT2D eigenvalue weighted by Gasteiger charge is 2.39. The molecule has 0 bridgehead atoms. The molecule has 2 aliphatic carbocycles. The highest BCUT2D eigenvalue weighted by atomic mass is 19.1. The Hall–Kier alpha value is -1.09. The van der Waals surface area contributed by atoms with Crippen molar-refractivity contribution >= 4 is 0 Å². The Morgan fingerprint density at radius 2 is 1.69 bits per heavy atom. The Balaban J connectivity index is 1.58. The lowest BCUT2D eigenvalue weighted by Gasteiger charge is -2.41. The fourth-order valence-corrected chi connectivity index (χ4v) is 5.34. The van der Waals surface area contributed by atoms with Crippen molar-refractivity contribution in [1.29, 1.82) is 0 Å². The molecule has 2 saturated carbocycles. The molecule has 1 N–H and O–H groups in total. The Bertz CT molecular complexity index is 543. The summed E-state index contributed by atoms with van der Waals surface area (Å²) >= 11 is 0. The van der Waals surface area contributed by atoms with Crippen LogP contribution in [0, 0.1) is 17.8 Å². The summed E-state index contributed by atoms with van der Waals surface area (Å²) in [6, 6.07) is 7.63. The van der Waals surface area contributed by atoms with Gasteiger partial charge in [0.1, 0.15) is 19.0 Å². The lowest BCUT2D eigenvalue weighted by molar-refractivity contribution is -0.0279. The van der Waals surface area contributed by atoms with E-state index in [1.54, 1.807) is 0 Å². The molecular weight excluding hydrogens is 327 g/mol. The molecule has 0 heterocycles. The fraction of sp³-hybridized carbons (Fsp3) is 0.739. The molecule has 0 radical (unpaired) electrons. The molecule has 0 saturated heterocycles. The van der Waals surface area contributed by atoms with Crippen molar-refractivity contribution in [2.45, 2.75) is 76.7 Å². The van der Waals surface area contributed by atoms with Gasteiger partial charge in [-0.05, 0) is 62.3 Å². The van der Waals surface area contributed by atoms with Crippen LogP contribution in [-0.2, 0) is 5.60 Å². The third-order valence-corrected chi connectivity index (χ3v) is 6.84. The van der Waals surface area contributed by atoms with Gasteiger partial charge in [-0.1, -0.05) is 50.8 Å². The number of aliphatic hydroxyl groups is 1. The van der Waals surface area contributed by atoms with Gasteiger partial charge in [0, 0.05) is 5.56 Å². The molecule has 2 aliphatic rings. The Morgan fingerprint density at radius 1 is 1.04 bits per heavy atom. The van der Waals surface area contributed by atoms with Crippen LogP contribution in [0.5, 0.6) is 5.75 Å². The Morgan fingerprint density at radius 3 is 2.35 bits per heavy atom. The van der Waals surface area contributed by atoms with Gasteiger partial charge < -0.3 is 9.84 Å². The molecule has 26 heavy (non-hydrogen) atoms. The number of hydrogen-bond acceptors (Lipinski definition) is 2. The van der Waals surface area contributed by atoms with Crippen LogP contribution in [0.25, 0.3) is 0 Å². The summed E-state index contributed by atoms with van der Waals surface area (Å²) in [4.78, 5) is 0. The van der Waals surface area contributed by atoms with Gasteiger partial charge in [0.2, 0.25) is 0 Å².